The maximum atomic E-state index is 10.8. The van der Waals surface area contributed by atoms with E-state index in [4.69, 9.17) is 9.15 Å². The number of hydrogen-bond acceptors (Lipinski definition) is 5. The topological polar surface area (TPSA) is 75.4 Å². The minimum Gasteiger partial charge on any atom is -0.542 e. The molecule has 2 aromatic heterocycles. The molecular weight excluding hydrogens is 270 g/mol. The van der Waals surface area contributed by atoms with Crippen LogP contribution in [0.25, 0.3) is 10.9 Å². The van der Waals surface area contributed by atoms with Crippen molar-refractivity contribution in [3.05, 3.63) is 59.7 Å². The van der Waals surface area contributed by atoms with E-state index >= 15 is 0 Å². The normalized spacial score (nSPS) is 10.7. The second kappa shape index (κ2) is 5.28. The summed E-state index contributed by atoms with van der Waals surface area (Å²) in [6.45, 7) is 1.89. The molecule has 2 heterocycles. The van der Waals surface area contributed by atoms with Crippen molar-refractivity contribution in [1.82, 2.24) is 4.98 Å². The molecule has 3 rings (SSSR count). The third kappa shape index (κ3) is 2.58. The molecule has 0 atom stereocenters. The molecule has 0 N–H and O–H groups in total. The number of aromatic nitrogens is 1. The highest BCUT2D eigenvalue weighted by atomic mass is 16.5. The fourth-order valence-electron chi connectivity index (χ4n) is 2.11. The van der Waals surface area contributed by atoms with Gasteiger partial charge in [-0.2, -0.15) is 0 Å². The summed E-state index contributed by atoms with van der Waals surface area (Å²) in [4.78, 5) is 15.1. The van der Waals surface area contributed by atoms with Crippen LogP contribution >= 0.6 is 0 Å². The highest BCUT2D eigenvalue weighted by Crippen LogP contribution is 2.24. The van der Waals surface area contributed by atoms with Crippen LogP contribution in [0.1, 0.15) is 21.9 Å². The molecule has 5 heteroatoms. The summed E-state index contributed by atoms with van der Waals surface area (Å²) >= 11 is 0. The Bertz CT molecular complexity index is 802. The number of benzene rings is 1. The molecule has 0 aliphatic heterocycles. The monoisotopic (exact) mass is 282 g/mol. The minimum absolute atomic E-state index is 0.192. The molecule has 0 saturated carbocycles. The van der Waals surface area contributed by atoms with Gasteiger partial charge in [0.2, 0.25) is 0 Å². The van der Waals surface area contributed by atoms with E-state index in [1.54, 1.807) is 13.1 Å². The maximum Gasteiger partial charge on any atom is 0.150 e. The molecule has 0 saturated heterocycles. The Morgan fingerprint density at radius 2 is 2.14 bits per heavy atom. The number of para-hydroxylation sites is 1. The number of carboxylic acids is 1. The van der Waals surface area contributed by atoms with Gasteiger partial charge in [-0.1, -0.05) is 18.2 Å². The number of hydrogen-bond donors (Lipinski definition) is 0. The molecule has 0 fully saturated rings. The molecule has 0 bridgehead atoms. The van der Waals surface area contributed by atoms with Crippen molar-refractivity contribution in [3.8, 4) is 5.75 Å². The standard InChI is InChI=1S/C16H13NO4/c1-10-12(8-14(21-10)16(18)19)9-20-13-6-2-4-11-5-3-7-17-15(11)13/h2-8H,9H2,1H3,(H,18,19)/p-1. The number of nitrogens with zero attached hydrogens (tertiary/aromatic N) is 1. The zero-order valence-corrected chi connectivity index (χ0v) is 11.3. The lowest BCUT2D eigenvalue weighted by molar-refractivity contribution is -0.257. The summed E-state index contributed by atoms with van der Waals surface area (Å²) in [5.74, 6) is -0.385. The maximum absolute atomic E-state index is 10.8. The molecule has 3 aromatic rings. The van der Waals surface area contributed by atoms with E-state index in [1.807, 2.05) is 30.3 Å². The van der Waals surface area contributed by atoms with Crippen LogP contribution in [0, 0.1) is 6.92 Å². The second-order valence-corrected chi connectivity index (χ2v) is 4.60. The van der Waals surface area contributed by atoms with Crippen LogP contribution in [0.5, 0.6) is 5.75 Å². The number of fused-ring (bicyclic) bond motifs is 1. The second-order valence-electron chi connectivity index (χ2n) is 4.60. The number of pyridine rings is 1. The van der Waals surface area contributed by atoms with Gasteiger partial charge in [0.25, 0.3) is 0 Å². The van der Waals surface area contributed by atoms with Gasteiger partial charge in [0.05, 0.1) is 0 Å². The molecule has 5 nitrogen and oxygen atoms in total. The molecule has 0 aliphatic carbocycles. The Hall–Kier alpha value is -2.82. The lowest BCUT2D eigenvalue weighted by atomic mass is 10.2. The lowest BCUT2D eigenvalue weighted by Gasteiger charge is -2.07. The number of aryl methyl sites for hydroxylation is 1. The van der Waals surface area contributed by atoms with Crippen LogP contribution in [0.3, 0.4) is 0 Å². The average Bonchev–Trinajstić information content (AvgIpc) is 2.86. The summed E-state index contributed by atoms with van der Waals surface area (Å²) in [5, 5.41) is 11.7. The van der Waals surface area contributed by atoms with Crippen molar-refractivity contribution < 1.29 is 19.1 Å². The summed E-state index contributed by atoms with van der Waals surface area (Å²) < 4.78 is 10.8. The first-order valence-electron chi connectivity index (χ1n) is 6.42. The number of carbonyl (C=O) groups is 1. The molecule has 1 aromatic carbocycles. The minimum atomic E-state index is -1.34. The first-order chi connectivity index (χ1) is 10.1. The highest BCUT2D eigenvalue weighted by molar-refractivity contribution is 5.84. The average molecular weight is 282 g/mol. The molecule has 0 spiro atoms. The number of carboxylic acid groups (broad SMARTS) is 1. The predicted molar refractivity (Wildman–Crippen MR) is 73.9 cm³/mol. The van der Waals surface area contributed by atoms with Gasteiger partial charge in [-0.3, -0.25) is 4.98 Å². The van der Waals surface area contributed by atoms with Crippen LogP contribution in [-0.2, 0) is 6.61 Å². The number of aromatic carboxylic acids is 1. The number of carbonyl (C=O) groups excluding carboxylic acids is 1. The zero-order chi connectivity index (χ0) is 14.8. The Kier molecular flexibility index (Phi) is 3.31. The predicted octanol–water partition coefficient (Wildman–Crippen LogP) is 2.08. The van der Waals surface area contributed by atoms with Gasteiger partial charge in [-0.15, -0.1) is 0 Å². The fourth-order valence-corrected chi connectivity index (χ4v) is 2.11. The number of rotatable bonds is 4. The SMILES string of the molecule is Cc1oc(C(=O)[O-])cc1COc1cccc2cccnc12. The van der Waals surface area contributed by atoms with E-state index in [0.717, 1.165) is 10.9 Å². The third-order valence-corrected chi connectivity index (χ3v) is 3.20. The van der Waals surface area contributed by atoms with Crippen molar-refractivity contribution in [1.29, 1.82) is 0 Å². The zero-order valence-electron chi connectivity index (χ0n) is 11.3. The lowest BCUT2D eigenvalue weighted by Crippen LogP contribution is -2.21. The molecule has 21 heavy (non-hydrogen) atoms. The van der Waals surface area contributed by atoms with Crippen molar-refractivity contribution >= 4 is 16.9 Å². The molecule has 0 unspecified atom stereocenters. The van der Waals surface area contributed by atoms with E-state index in [0.29, 0.717) is 17.1 Å². The third-order valence-electron chi connectivity index (χ3n) is 3.20. The van der Waals surface area contributed by atoms with Crippen molar-refractivity contribution in [3.63, 3.8) is 0 Å². The number of furan rings is 1. The van der Waals surface area contributed by atoms with Crippen LogP contribution < -0.4 is 9.84 Å². The van der Waals surface area contributed by atoms with E-state index < -0.39 is 5.97 Å². The largest absolute Gasteiger partial charge is 0.542 e. The van der Waals surface area contributed by atoms with Gasteiger partial charge in [0, 0.05) is 17.1 Å². The van der Waals surface area contributed by atoms with Gasteiger partial charge in [-0.25, -0.2) is 0 Å². The van der Waals surface area contributed by atoms with Gasteiger partial charge in [0.15, 0.2) is 0 Å². The first-order valence-corrected chi connectivity index (χ1v) is 6.42. The van der Waals surface area contributed by atoms with E-state index in [9.17, 15) is 9.90 Å². The van der Waals surface area contributed by atoms with Crippen molar-refractivity contribution in [2.75, 3.05) is 0 Å². The highest BCUT2D eigenvalue weighted by Gasteiger charge is 2.10. The molecule has 0 aliphatic rings. The molecule has 0 radical (unpaired) electrons. The van der Waals surface area contributed by atoms with Crippen LogP contribution in [0.2, 0.25) is 0 Å². The van der Waals surface area contributed by atoms with Gasteiger partial charge < -0.3 is 19.1 Å². The summed E-state index contributed by atoms with van der Waals surface area (Å²) in [7, 11) is 0. The van der Waals surface area contributed by atoms with E-state index in [-0.39, 0.29) is 12.4 Å². The Labute approximate surface area is 120 Å². The Morgan fingerprint density at radius 3 is 2.90 bits per heavy atom. The Balaban J connectivity index is 1.85. The fraction of sp³-hybridized carbons (Fsp3) is 0.125. The van der Waals surface area contributed by atoms with Gasteiger partial charge >= 0.3 is 0 Å². The van der Waals surface area contributed by atoms with Gasteiger partial charge in [0.1, 0.15) is 35.4 Å². The van der Waals surface area contributed by atoms with Crippen LogP contribution in [0.15, 0.2) is 47.0 Å². The summed E-state index contributed by atoms with van der Waals surface area (Å²) in [6, 6.07) is 10.9. The Morgan fingerprint density at radius 1 is 1.33 bits per heavy atom. The summed E-state index contributed by atoms with van der Waals surface area (Å²) in [6.07, 6.45) is 1.70. The van der Waals surface area contributed by atoms with E-state index in [1.165, 1.54) is 6.07 Å². The van der Waals surface area contributed by atoms with E-state index in [2.05, 4.69) is 4.98 Å². The van der Waals surface area contributed by atoms with Crippen molar-refractivity contribution in [2.45, 2.75) is 13.5 Å². The molecule has 106 valence electrons. The van der Waals surface area contributed by atoms with Crippen molar-refractivity contribution in [2.24, 2.45) is 0 Å². The number of ether oxygens (including phenoxy) is 1. The van der Waals surface area contributed by atoms with Crippen LogP contribution in [-0.4, -0.2) is 11.0 Å². The molecule has 0 amide bonds. The quantitative estimate of drug-likeness (QED) is 0.732. The smallest absolute Gasteiger partial charge is 0.150 e. The molecular formula is C16H12NO4-. The first kappa shape index (κ1) is 13.2. The van der Waals surface area contributed by atoms with Crippen LogP contribution in [0.4, 0.5) is 0 Å². The summed E-state index contributed by atoms with van der Waals surface area (Å²) in [5.41, 5.74) is 1.43. The van der Waals surface area contributed by atoms with Gasteiger partial charge in [-0.05, 0) is 25.1 Å².